The smallest absolute Gasteiger partial charge is 0.408 e. The SMILES string of the molecule is CC1(C)OC[C@](C)(COc2cc(NC(=O)N3c4nc(-c5cnn(CC(F)(F)F)c5)c(Cl)cc4N4CC[C@H]3C4)ccn2)O1. The number of urea groups is 1. The van der Waals surface area contributed by atoms with E-state index in [0.29, 0.717) is 54.8 Å². The number of rotatable bonds is 6. The summed E-state index contributed by atoms with van der Waals surface area (Å²) in [4.78, 5) is 26.3. The van der Waals surface area contributed by atoms with Crippen molar-refractivity contribution in [2.45, 2.75) is 57.3 Å². The molecule has 2 atom stereocenters. The highest BCUT2D eigenvalue weighted by molar-refractivity contribution is 6.33. The number of carbonyl (C=O) groups is 1. The molecule has 0 aromatic carbocycles. The first-order valence-electron chi connectivity index (χ1n) is 13.4. The Kier molecular flexibility index (Phi) is 6.97. The van der Waals surface area contributed by atoms with Crippen molar-refractivity contribution in [1.82, 2.24) is 19.7 Å². The molecule has 2 fully saturated rings. The van der Waals surface area contributed by atoms with E-state index in [1.807, 2.05) is 20.8 Å². The third-order valence-corrected chi connectivity index (χ3v) is 7.52. The fraction of sp³-hybridized carbons (Fsp3) is 0.481. The normalized spacial score (nSPS) is 22.8. The summed E-state index contributed by atoms with van der Waals surface area (Å²) < 4.78 is 56.9. The van der Waals surface area contributed by atoms with Gasteiger partial charge in [0.2, 0.25) is 5.88 Å². The minimum absolute atomic E-state index is 0.160. The summed E-state index contributed by atoms with van der Waals surface area (Å²) in [6, 6.07) is 4.37. The molecule has 6 rings (SSSR count). The van der Waals surface area contributed by atoms with E-state index in [1.54, 1.807) is 23.1 Å². The van der Waals surface area contributed by atoms with Crippen LogP contribution in [0.4, 0.5) is 35.2 Å². The number of anilines is 3. The Balaban J connectivity index is 1.22. The summed E-state index contributed by atoms with van der Waals surface area (Å²) in [5.74, 6) is -0.0380. The van der Waals surface area contributed by atoms with E-state index in [0.717, 1.165) is 4.68 Å². The number of hydrogen-bond acceptors (Lipinski definition) is 8. The van der Waals surface area contributed by atoms with Gasteiger partial charge in [-0.3, -0.25) is 9.58 Å². The van der Waals surface area contributed by atoms with Gasteiger partial charge in [0.15, 0.2) is 11.6 Å². The number of halogens is 4. The zero-order valence-corrected chi connectivity index (χ0v) is 23.9. The second-order valence-corrected chi connectivity index (χ2v) is 11.7. The molecule has 15 heteroatoms. The maximum Gasteiger partial charge on any atom is 0.408 e. The Morgan fingerprint density at radius 1 is 1.29 bits per heavy atom. The molecular formula is C27H29ClF3N7O4. The number of carbonyl (C=O) groups excluding carboxylic acids is 1. The fourth-order valence-corrected chi connectivity index (χ4v) is 5.73. The monoisotopic (exact) mass is 607 g/mol. The molecule has 6 heterocycles. The predicted octanol–water partition coefficient (Wildman–Crippen LogP) is 5.11. The zero-order valence-electron chi connectivity index (χ0n) is 23.1. The average molecular weight is 608 g/mol. The van der Waals surface area contributed by atoms with Gasteiger partial charge in [0.05, 0.1) is 35.2 Å². The van der Waals surface area contributed by atoms with Gasteiger partial charge in [0, 0.05) is 42.8 Å². The molecule has 2 amide bonds. The van der Waals surface area contributed by atoms with Crippen molar-refractivity contribution >= 4 is 34.8 Å². The second-order valence-electron chi connectivity index (χ2n) is 11.3. The molecule has 3 aliphatic heterocycles. The van der Waals surface area contributed by atoms with E-state index in [-0.39, 0.29) is 23.4 Å². The second kappa shape index (κ2) is 10.3. The third kappa shape index (κ3) is 5.83. The lowest BCUT2D eigenvalue weighted by atomic mass is 10.1. The minimum atomic E-state index is -4.43. The molecule has 3 aliphatic rings. The molecule has 42 heavy (non-hydrogen) atoms. The molecular weight excluding hydrogens is 579 g/mol. The van der Waals surface area contributed by atoms with E-state index in [4.69, 9.17) is 25.8 Å². The largest absolute Gasteiger partial charge is 0.474 e. The Morgan fingerprint density at radius 3 is 2.83 bits per heavy atom. The minimum Gasteiger partial charge on any atom is -0.474 e. The zero-order chi connectivity index (χ0) is 29.9. The van der Waals surface area contributed by atoms with Crippen LogP contribution >= 0.6 is 11.6 Å². The van der Waals surface area contributed by atoms with Crippen LogP contribution in [0.15, 0.2) is 36.8 Å². The average Bonchev–Trinajstić information content (AvgIpc) is 3.60. The van der Waals surface area contributed by atoms with E-state index in [9.17, 15) is 18.0 Å². The topological polar surface area (TPSA) is 107 Å². The quantitative estimate of drug-likeness (QED) is 0.412. The van der Waals surface area contributed by atoms with Crippen LogP contribution in [0.2, 0.25) is 5.02 Å². The molecule has 0 radical (unpaired) electrons. The number of fused-ring (bicyclic) bond motifs is 4. The maximum absolute atomic E-state index is 13.7. The highest BCUT2D eigenvalue weighted by atomic mass is 35.5. The van der Waals surface area contributed by atoms with Crippen LogP contribution in [0.25, 0.3) is 11.3 Å². The van der Waals surface area contributed by atoms with Gasteiger partial charge < -0.3 is 24.4 Å². The summed E-state index contributed by atoms with van der Waals surface area (Å²) in [5, 5.41) is 6.96. The Morgan fingerprint density at radius 2 is 2.10 bits per heavy atom. The first-order chi connectivity index (χ1) is 19.8. The van der Waals surface area contributed by atoms with Gasteiger partial charge in [-0.2, -0.15) is 18.3 Å². The molecule has 2 saturated heterocycles. The Bertz CT molecular complexity index is 1520. The van der Waals surface area contributed by atoms with Crippen LogP contribution < -0.4 is 19.9 Å². The van der Waals surface area contributed by atoms with Crippen molar-refractivity contribution in [3.8, 4) is 17.1 Å². The third-order valence-electron chi connectivity index (χ3n) is 7.23. The number of amides is 2. The van der Waals surface area contributed by atoms with Crippen LogP contribution in [-0.4, -0.2) is 75.7 Å². The maximum atomic E-state index is 13.7. The first-order valence-corrected chi connectivity index (χ1v) is 13.7. The molecule has 0 unspecified atom stereocenters. The molecule has 2 bridgehead atoms. The van der Waals surface area contributed by atoms with Gasteiger partial charge in [-0.25, -0.2) is 14.8 Å². The van der Waals surface area contributed by atoms with Gasteiger partial charge >= 0.3 is 12.2 Å². The number of ether oxygens (including phenoxy) is 3. The molecule has 0 aliphatic carbocycles. The van der Waals surface area contributed by atoms with Crippen molar-refractivity contribution in [3.05, 3.63) is 41.8 Å². The van der Waals surface area contributed by atoms with E-state index in [2.05, 4.69) is 25.3 Å². The molecule has 1 N–H and O–H groups in total. The number of pyridine rings is 2. The predicted molar refractivity (Wildman–Crippen MR) is 148 cm³/mol. The Labute approximate surface area is 244 Å². The van der Waals surface area contributed by atoms with Crippen molar-refractivity contribution < 1.29 is 32.2 Å². The van der Waals surface area contributed by atoms with E-state index in [1.165, 1.54) is 18.6 Å². The molecule has 11 nitrogen and oxygen atoms in total. The number of aromatic nitrogens is 4. The van der Waals surface area contributed by atoms with E-state index >= 15 is 0 Å². The van der Waals surface area contributed by atoms with Crippen LogP contribution in [0.1, 0.15) is 27.2 Å². The number of nitrogens with one attached hydrogen (secondary N) is 1. The van der Waals surface area contributed by atoms with Gasteiger partial charge in [-0.15, -0.1) is 0 Å². The van der Waals surface area contributed by atoms with E-state index < -0.39 is 30.1 Å². The highest BCUT2D eigenvalue weighted by Crippen LogP contribution is 2.43. The summed E-state index contributed by atoms with van der Waals surface area (Å²) >= 11 is 6.55. The lowest BCUT2D eigenvalue weighted by molar-refractivity contribution is -0.163. The fourth-order valence-electron chi connectivity index (χ4n) is 5.47. The van der Waals surface area contributed by atoms with Crippen LogP contribution in [-0.2, 0) is 16.0 Å². The van der Waals surface area contributed by atoms with Crippen molar-refractivity contribution in [2.75, 3.05) is 41.4 Å². The molecule has 224 valence electrons. The Hall–Kier alpha value is -3.62. The molecule has 0 spiro atoms. The highest BCUT2D eigenvalue weighted by Gasteiger charge is 2.43. The first kappa shape index (κ1) is 28.5. The van der Waals surface area contributed by atoms with Crippen LogP contribution in [0, 0.1) is 0 Å². The van der Waals surface area contributed by atoms with Crippen LogP contribution in [0.5, 0.6) is 5.88 Å². The number of hydrogen-bond donors (Lipinski definition) is 1. The standard InChI is InChI=1S/C27H29ClF3N7O4/c1-25(2)41-15-26(3,42-25)14-40-21-8-17(4-6-32-21)34-24(39)38-18-5-7-36(12-18)20-9-19(28)22(35-23(20)38)16-10-33-37(11-16)13-27(29,30)31/h4,6,8-11,18H,5,7,12-15H2,1-3H3,(H,32,34,39)/t18-,26-/m0/s1. The van der Waals surface area contributed by atoms with Crippen molar-refractivity contribution in [3.63, 3.8) is 0 Å². The van der Waals surface area contributed by atoms with Crippen LogP contribution in [0.3, 0.4) is 0 Å². The number of alkyl halides is 3. The summed E-state index contributed by atoms with van der Waals surface area (Å²) in [6.45, 7) is 6.19. The molecule has 0 saturated carbocycles. The van der Waals surface area contributed by atoms with Gasteiger partial charge in [-0.05, 0) is 39.3 Å². The van der Waals surface area contributed by atoms with Crippen molar-refractivity contribution in [1.29, 1.82) is 0 Å². The molecule has 3 aromatic heterocycles. The van der Waals surface area contributed by atoms with Crippen molar-refractivity contribution in [2.24, 2.45) is 0 Å². The summed E-state index contributed by atoms with van der Waals surface area (Å²) in [6.07, 6.45) is 0.320. The molecule has 3 aromatic rings. The summed E-state index contributed by atoms with van der Waals surface area (Å²) in [5.41, 5.74) is 1.03. The van der Waals surface area contributed by atoms with Gasteiger partial charge in [0.1, 0.15) is 18.8 Å². The van der Waals surface area contributed by atoms with Gasteiger partial charge in [0.25, 0.3) is 0 Å². The number of nitrogens with zero attached hydrogens (tertiary/aromatic N) is 6. The lowest BCUT2D eigenvalue weighted by Crippen LogP contribution is -2.48. The van der Waals surface area contributed by atoms with Gasteiger partial charge in [-0.1, -0.05) is 11.6 Å². The lowest BCUT2D eigenvalue weighted by Gasteiger charge is -2.36. The summed E-state index contributed by atoms with van der Waals surface area (Å²) in [7, 11) is 0.